The van der Waals surface area contributed by atoms with E-state index in [1.807, 2.05) is 12.1 Å². The molecule has 0 saturated carbocycles. The first-order valence-corrected chi connectivity index (χ1v) is 7.54. The van der Waals surface area contributed by atoms with E-state index in [2.05, 4.69) is 64.2 Å². The van der Waals surface area contributed by atoms with E-state index < -0.39 is 0 Å². The summed E-state index contributed by atoms with van der Waals surface area (Å²) in [5.74, 6) is 1.87. The van der Waals surface area contributed by atoms with Gasteiger partial charge in [-0.15, -0.1) is 0 Å². The molecule has 2 aromatic rings. The molecule has 0 amide bonds. The van der Waals surface area contributed by atoms with Gasteiger partial charge >= 0.3 is 0 Å². The van der Waals surface area contributed by atoms with Crippen LogP contribution >= 0.6 is 0 Å². The molecule has 0 saturated heterocycles. The van der Waals surface area contributed by atoms with Crippen molar-refractivity contribution in [3.05, 3.63) is 58.7 Å². The summed E-state index contributed by atoms with van der Waals surface area (Å²) in [5.41, 5.74) is 4.88. The van der Waals surface area contributed by atoms with Crippen LogP contribution in [0.4, 0.5) is 0 Å². The predicted octanol–water partition coefficient (Wildman–Crippen LogP) is 4.90. The molecule has 21 heavy (non-hydrogen) atoms. The molecule has 0 aromatic heterocycles. The van der Waals surface area contributed by atoms with Crippen molar-refractivity contribution in [2.75, 3.05) is 0 Å². The lowest BCUT2D eigenvalue weighted by Crippen LogP contribution is -2.21. The average molecular weight is 283 g/mol. The summed E-state index contributed by atoms with van der Waals surface area (Å²) in [7, 11) is 0. The van der Waals surface area contributed by atoms with Crippen LogP contribution in [0.15, 0.2) is 36.4 Å². The lowest BCUT2D eigenvalue weighted by atomic mass is 10.1. The molecular weight excluding hydrogens is 258 g/mol. The van der Waals surface area contributed by atoms with Crippen molar-refractivity contribution in [3.8, 4) is 11.5 Å². The van der Waals surface area contributed by atoms with Crippen molar-refractivity contribution in [3.63, 3.8) is 0 Å². The lowest BCUT2D eigenvalue weighted by molar-refractivity contribution is 0.473. The summed E-state index contributed by atoms with van der Waals surface area (Å²) in [6.07, 6.45) is 0. The van der Waals surface area contributed by atoms with Crippen molar-refractivity contribution in [2.24, 2.45) is 0 Å². The molecule has 1 N–H and O–H groups in total. The SMILES string of the molecule is Cc1ccc(C)c(Oc2cccc(CNC(C)C)c2)c1C. The van der Waals surface area contributed by atoms with Gasteiger partial charge in [-0.25, -0.2) is 0 Å². The van der Waals surface area contributed by atoms with E-state index in [0.29, 0.717) is 6.04 Å². The Morgan fingerprint density at radius 3 is 2.43 bits per heavy atom. The van der Waals surface area contributed by atoms with E-state index in [4.69, 9.17) is 4.74 Å². The maximum Gasteiger partial charge on any atom is 0.133 e. The summed E-state index contributed by atoms with van der Waals surface area (Å²) in [4.78, 5) is 0. The standard InChI is InChI=1S/C19H25NO/c1-13(2)20-12-17-7-6-8-18(11-17)21-19-15(4)10-9-14(3)16(19)5/h6-11,13,20H,12H2,1-5H3. The Kier molecular flexibility index (Phi) is 5.03. The molecule has 0 spiro atoms. The van der Waals surface area contributed by atoms with Crippen LogP contribution in [-0.2, 0) is 6.54 Å². The quantitative estimate of drug-likeness (QED) is 0.842. The molecule has 0 aliphatic carbocycles. The van der Waals surface area contributed by atoms with E-state index in [9.17, 15) is 0 Å². The highest BCUT2D eigenvalue weighted by Gasteiger charge is 2.08. The monoisotopic (exact) mass is 283 g/mol. The zero-order chi connectivity index (χ0) is 15.4. The van der Waals surface area contributed by atoms with E-state index >= 15 is 0 Å². The maximum absolute atomic E-state index is 6.14. The number of aryl methyl sites for hydroxylation is 2. The number of nitrogens with one attached hydrogen (secondary N) is 1. The molecule has 2 aromatic carbocycles. The van der Waals surface area contributed by atoms with E-state index in [1.54, 1.807) is 0 Å². The smallest absolute Gasteiger partial charge is 0.133 e. The third-order valence-corrected chi connectivity index (χ3v) is 3.71. The number of ether oxygens (including phenoxy) is 1. The molecule has 0 bridgehead atoms. The summed E-state index contributed by atoms with van der Waals surface area (Å²) < 4.78 is 6.14. The van der Waals surface area contributed by atoms with Gasteiger partial charge in [0.1, 0.15) is 11.5 Å². The second-order valence-electron chi connectivity index (χ2n) is 5.94. The highest BCUT2D eigenvalue weighted by molar-refractivity contribution is 5.47. The molecule has 0 unspecified atom stereocenters. The molecule has 2 nitrogen and oxygen atoms in total. The average Bonchev–Trinajstić information content (AvgIpc) is 2.46. The minimum absolute atomic E-state index is 0.482. The van der Waals surface area contributed by atoms with E-state index in [1.165, 1.54) is 22.3 Å². The van der Waals surface area contributed by atoms with Crippen LogP contribution < -0.4 is 10.1 Å². The number of hydrogen-bond donors (Lipinski definition) is 1. The molecule has 2 rings (SSSR count). The third kappa shape index (κ3) is 4.08. The zero-order valence-electron chi connectivity index (χ0n) is 13.7. The molecule has 0 aliphatic rings. The molecule has 0 heterocycles. The zero-order valence-corrected chi connectivity index (χ0v) is 13.7. The predicted molar refractivity (Wildman–Crippen MR) is 89.1 cm³/mol. The maximum atomic E-state index is 6.14. The van der Waals surface area contributed by atoms with Crippen LogP contribution in [0.5, 0.6) is 11.5 Å². The van der Waals surface area contributed by atoms with E-state index in [0.717, 1.165) is 18.0 Å². The van der Waals surface area contributed by atoms with Crippen LogP contribution in [0.2, 0.25) is 0 Å². The van der Waals surface area contributed by atoms with Gasteiger partial charge in [0, 0.05) is 12.6 Å². The Balaban J connectivity index is 2.20. The molecule has 0 fully saturated rings. The Hall–Kier alpha value is -1.80. The first-order valence-electron chi connectivity index (χ1n) is 7.54. The van der Waals surface area contributed by atoms with Crippen LogP contribution in [-0.4, -0.2) is 6.04 Å². The van der Waals surface area contributed by atoms with Gasteiger partial charge in [-0.1, -0.05) is 38.1 Å². The number of hydrogen-bond acceptors (Lipinski definition) is 2. The topological polar surface area (TPSA) is 21.3 Å². The third-order valence-electron chi connectivity index (χ3n) is 3.71. The fourth-order valence-corrected chi connectivity index (χ4v) is 2.24. The van der Waals surface area contributed by atoms with Gasteiger partial charge in [0.25, 0.3) is 0 Å². The number of rotatable bonds is 5. The fraction of sp³-hybridized carbons (Fsp3) is 0.368. The van der Waals surface area contributed by atoms with Gasteiger partial charge in [-0.2, -0.15) is 0 Å². The largest absolute Gasteiger partial charge is 0.457 e. The van der Waals surface area contributed by atoms with Crippen LogP contribution in [0.25, 0.3) is 0 Å². The van der Waals surface area contributed by atoms with Gasteiger partial charge in [0.05, 0.1) is 0 Å². The van der Waals surface area contributed by atoms with Gasteiger partial charge in [-0.3, -0.25) is 0 Å². The molecule has 112 valence electrons. The van der Waals surface area contributed by atoms with Crippen LogP contribution in [0, 0.1) is 20.8 Å². The van der Waals surface area contributed by atoms with Crippen molar-refractivity contribution < 1.29 is 4.74 Å². The minimum atomic E-state index is 0.482. The van der Waals surface area contributed by atoms with Crippen LogP contribution in [0.1, 0.15) is 36.1 Å². The summed E-state index contributed by atoms with van der Waals surface area (Å²) in [6, 6.07) is 13.0. The second kappa shape index (κ2) is 6.77. The lowest BCUT2D eigenvalue weighted by Gasteiger charge is -2.15. The Morgan fingerprint density at radius 1 is 1.00 bits per heavy atom. The van der Waals surface area contributed by atoms with Gasteiger partial charge in [0.2, 0.25) is 0 Å². The van der Waals surface area contributed by atoms with Crippen molar-refractivity contribution in [2.45, 2.75) is 47.2 Å². The molecular formula is C19H25NO. The summed E-state index contributed by atoms with van der Waals surface area (Å²) in [6.45, 7) is 11.5. The second-order valence-corrected chi connectivity index (χ2v) is 5.94. The molecule has 0 atom stereocenters. The van der Waals surface area contributed by atoms with Crippen molar-refractivity contribution in [1.82, 2.24) is 5.32 Å². The fourth-order valence-electron chi connectivity index (χ4n) is 2.24. The molecule has 0 aliphatic heterocycles. The summed E-state index contributed by atoms with van der Waals surface area (Å²) >= 11 is 0. The first-order chi connectivity index (χ1) is 9.97. The highest BCUT2D eigenvalue weighted by Crippen LogP contribution is 2.30. The van der Waals surface area contributed by atoms with Gasteiger partial charge < -0.3 is 10.1 Å². The first kappa shape index (κ1) is 15.6. The number of benzene rings is 2. The molecule has 2 heteroatoms. The van der Waals surface area contributed by atoms with Gasteiger partial charge in [0.15, 0.2) is 0 Å². The molecule has 0 radical (unpaired) electrons. The van der Waals surface area contributed by atoms with Crippen LogP contribution in [0.3, 0.4) is 0 Å². The van der Waals surface area contributed by atoms with Crippen molar-refractivity contribution in [1.29, 1.82) is 0 Å². The Bertz CT molecular complexity index is 617. The van der Waals surface area contributed by atoms with Gasteiger partial charge in [-0.05, 0) is 55.2 Å². The Morgan fingerprint density at radius 2 is 1.71 bits per heavy atom. The van der Waals surface area contributed by atoms with Crippen molar-refractivity contribution >= 4 is 0 Å². The Labute approximate surface area is 128 Å². The summed E-state index contributed by atoms with van der Waals surface area (Å²) in [5, 5.41) is 3.43. The van der Waals surface area contributed by atoms with E-state index in [-0.39, 0.29) is 0 Å². The highest BCUT2D eigenvalue weighted by atomic mass is 16.5. The minimum Gasteiger partial charge on any atom is -0.457 e. The normalized spacial score (nSPS) is 11.0.